The summed E-state index contributed by atoms with van der Waals surface area (Å²) >= 11 is 0. The molecular formula is C13H13ClF3NO3S. The van der Waals surface area contributed by atoms with Crippen LogP contribution in [-0.2, 0) is 26.4 Å². The SMILES string of the molecule is O=C1CC(S(=O)(=O)Cl)CN1CCc1ccccc1C(F)(F)F. The summed E-state index contributed by atoms with van der Waals surface area (Å²) in [6.07, 6.45) is -4.70. The molecule has 122 valence electrons. The van der Waals surface area contributed by atoms with Crippen LogP contribution >= 0.6 is 10.7 Å². The first kappa shape index (κ1) is 17.1. The van der Waals surface area contributed by atoms with Crippen LogP contribution in [0.1, 0.15) is 17.5 Å². The van der Waals surface area contributed by atoms with Gasteiger partial charge in [0.05, 0.1) is 5.56 Å². The molecule has 1 aliphatic heterocycles. The average Bonchev–Trinajstić information content (AvgIpc) is 2.77. The van der Waals surface area contributed by atoms with Crippen LogP contribution in [0.2, 0.25) is 0 Å². The van der Waals surface area contributed by atoms with Gasteiger partial charge in [-0.1, -0.05) is 18.2 Å². The van der Waals surface area contributed by atoms with Crippen LogP contribution in [0.3, 0.4) is 0 Å². The molecule has 0 aliphatic carbocycles. The maximum Gasteiger partial charge on any atom is 0.416 e. The van der Waals surface area contributed by atoms with E-state index in [1.807, 2.05) is 0 Å². The van der Waals surface area contributed by atoms with Crippen LogP contribution < -0.4 is 0 Å². The van der Waals surface area contributed by atoms with E-state index in [9.17, 15) is 26.4 Å². The van der Waals surface area contributed by atoms with Crippen LogP contribution in [0.25, 0.3) is 0 Å². The summed E-state index contributed by atoms with van der Waals surface area (Å²) in [5.41, 5.74) is -0.678. The minimum absolute atomic E-state index is 0.00350. The van der Waals surface area contributed by atoms with Gasteiger partial charge in [-0.15, -0.1) is 0 Å². The van der Waals surface area contributed by atoms with Crippen molar-refractivity contribution in [3.8, 4) is 0 Å². The Balaban J connectivity index is 2.07. The number of benzene rings is 1. The van der Waals surface area contributed by atoms with Crippen molar-refractivity contribution in [1.82, 2.24) is 4.90 Å². The van der Waals surface area contributed by atoms with Crippen molar-refractivity contribution in [2.75, 3.05) is 13.1 Å². The zero-order valence-corrected chi connectivity index (χ0v) is 12.9. The van der Waals surface area contributed by atoms with Gasteiger partial charge in [0.2, 0.25) is 15.0 Å². The molecule has 0 spiro atoms. The normalized spacial score (nSPS) is 19.7. The van der Waals surface area contributed by atoms with E-state index >= 15 is 0 Å². The van der Waals surface area contributed by atoms with E-state index in [1.165, 1.54) is 23.1 Å². The first-order valence-corrected chi connectivity index (χ1v) is 8.82. The van der Waals surface area contributed by atoms with E-state index in [0.29, 0.717) is 0 Å². The molecule has 1 heterocycles. The predicted molar refractivity (Wildman–Crippen MR) is 74.9 cm³/mol. The van der Waals surface area contributed by atoms with Crippen molar-refractivity contribution in [2.45, 2.75) is 24.3 Å². The van der Waals surface area contributed by atoms with Gasteiger partial charge in [-0.05, 0) is 18.1 Å². The summed E-state index contributed by atoms with van der Waals surface area (Å²) < 4.78 is 61.0. The quantitative estimate of drug-likeness (QED) is 0.779. The number of nitrogens with zero attached hydrogens (tertiary/aromatic N) is 1. The fourth-order valence-corrected chi connectivity index (χ4v) is 3.47. The molecule has 0 bridgehead atoms. The molecule has 4 nitrogen and oxygen atoms in total. The zero-order valence-electron chi connectivity index (χ0n) is 11.3. The number of hydrogen-bond acceptors (Lipinski definition) is 3. The molecule has 1 saturated heterocycles. The van der Waals surface area contributed by atoms with E-state index in [0.717, 1.165) is 6.07 Å². The number of hydrogen-bond donors (Lipinski definition) is 0. The fourth-order valence-electron chi connectivity index (χ4n) is 2.41. The van der Waals surface area contributed by atoms with Gasteiger partial charge in [0.15, 0.2) is 0 Å². The summed E-state index contributed by atoms with van der Waals surface area (Å²) in [7, 11) is 1.36. The van der Waals surface area contributed by atoms with Gasteiger partial charge < -0.3 is 4.90 Å². The van der Waals surface area contributed by atoms with Crippen LogP contribution in [0.5, 0.6) is 0 Å². The van der Waals surface area contributed by atoms with Crippen molar-refractivity contribution in [1.29, 1.82) is 0 Å². The average molecular weight is 356 g/mol. The van der Waals surface area contributed by atoms with Gasteiger partial charge >= 0.3 is 6.18 Å². The number of likely N-dealkylation sites (tertiary alicyclic amines) is 1. The summed E-state index contributed by atoms with van der Waals surface area (Å²) in [5, 5.41) is -1.00. The highest BCUT2D eigenvalue weighted by molar-refractivity contribution is 8.14. The van der Waals surface area contributed by atoms with Crippen LogP contribution in [0.15, 0.2) is 24.3 Å². The van der Waals surface area contributed by atoms with Crippen molar-refractivity contribution in [3.63, 3.8) is 0 Å². The molecule has 1 aliphatic rings. The second kappa shape index (κ2) is 6.08. The highest BCUT2D eigenvalue weighted by Crippen LogP contribution is 2.32. The highest BCUT2D eigenvalue weighted by atomic mass is 35.7. The molecule has 1 fully saturated rings. The number of alkyl halides is 3. The zero-order chi connectivity index (χ0) is 16.5. The Labute approximate surface area is 130 Å². The Morgan fingerprint density at radius 2 is 1.91 bits per heavy atom. The number of halogens is 4. The van der Waals surface area contributed by atoms with E-state index in [4.69, 9.17) is 10.7 Å². The smallest absolute Gasteiger partial charge is 0.341 e. The van der Waals surface area contributed by atoms with Crippen molar-refractivity contribution in [2.24, 2.45) is 0 Å². The molecule has 1 atom stereocenters. The van der Waals surface area contributed by atoms with Gasteiger partial charge in [-0.3, -0.25) is 4.79 Å². The molecule has 1 aromatic carbocycles. The van der Waals surface area contributed by atoms with E-state index in [1.54, 1.807) is 0 Å². The Hall–Kier alpha value is -1.28. The largest absolute Gasteiger partial charge is 0.416 e. The molecule has 0 aromatic heterocycles. The lowest BCUT2D eigenvalue weighted by atomic mass is 10.0. The Kier molecular flexibility index (Phi) is 4.72. The molecule has 22 heavy (non-hydrogen) atoms. The molecule has 1 aromatic rings. The van der Waals surface area contributed by atoms with E-state index in [-0.39, 0.29) is 31.5 Å². The molecule has 2 rings (SSSR count). The molecule has 1 unspecified atom stereocenters. The van der Waals surface area contributed by atoms with Gasteiger partial charge in [0.1, 0.15) is 5.25 Å². The van der Waals surface area contributed by atoms with E-state index < -0.39 is 31.9 Å². The van der Waals surface area contributed by atoms with Crippen molar-refractivity contribution in [3.05, 3.63) is 35.4 Å². The monoisotopic (exact) mass is 355 g/mol. The maximum atomic E-state index is 12.9. The lowest BCUT2D eigenvalue weighted by Gasteiger charge is -2.18. The number of carbonyl (C=O) groups excluding carboxylic acids is 1. The minimum atomic E-state index is -4.46. The molecular weight excluding hydrogens is 343 g/mol. The minimum Gasteiger partial charge on any atom is -0.341 e. The first-order valence-electron chi connectivity index (χ1n) is 6.45. The second-order valence-electron chi connectivity index (χ2n) is 5.05. The second-order valence-corrected chi connectivity index (χ2v) is 7.95. The highest BCUT2D eigenvalue weighted by Gasteiger charge is 2.37. The summed E-state index contributed by atoms with van der Waals surface area (Å²) in [5.74, 6) is -0.418. The van der Waals surface area contributed by atoms with E-state index in [2.05, 4.69) is 0 Å². The lowest BCUT2D eigenvalue weighted by Crippen LogP contribution is -2.29. The third kappa shape index (κ3) is 3.92. The molecule has 1 amide bonds. The fraction of sp³-hybridized carbons (Fsp3) is 0.462. The third-order valence-corrected chi connectivity index (χ3v) is 5.42. The van der Waals surface area contributed by atoms with Gasteiger partial charge in [-0.25, -0.2) is 8.42 Å². The number of rotatable bonds is 4. The van der Waals surface area contributed by atoms with Gasteiger partial charge in [-0.2, -0.15) is 13.2 Å². The van der Waals surface area contributed by atoms with Crippen molar-refractivity contribution < 1.29 is 26.4 Å². The summed E-state index contributed by atoms with van der Waals surface area (Å²) in [6, 6.07) is 5.11. The molecule has 9 heteroatoms. The molecule has 0 N–H and O–H groups in total. The Bertz CT molecular complexity index is 675. The van der Waals surface area contributed by atoms with Crippen LogP contribution in [0, 0.1) is 0 Å². The van der Waals surface area contributed by atoms with Crippen LogP contribution in [-0.4, -0.2) is 37.6 Å². The first-order chi connectivity index (χ1) is 10.1. The number of carbonyl (C=O) groups is 1. The molecule has 0 radical (unpaired) electrons. The van der Waals surface area contributed by atoms with Crippen molar-refractivity contribution >= 4 is 25.6 Å². The summed E-state index contributed by atoms with van der Waals surface area (Å²) in [4.78, 5) is 12.9. The predicted octanol–water partition coefficient (Wildman–Crippen LogP) is 2.42. The Morgan fingerprint density at radius 3 is 2.45 bits per heavy atom. The third-order valence-electron chi connectivity index (χ3n) is 3.55. The summed E-state index contributed by atoms with van der Waals surface area (Å²) in [6.45, 7) is -0.0618. The van der Waals surface area contributed by atoms with Gasteiger partial charge in [0.25, 0.3) is 0 Å². The molecule has 0 saturated carbocycles. The topological polar surface area (TPSA) is 54.5 Å². The standard InChI is InChI=1S/C13H13ClF3NO3S/c14-22(20,21)10-7-12(19)18(8-10)6-5-9-3-1-2-4-11(9)13(15,16)17/h1-4,10H,5-8H2. The Morgan fingerprint density at radius 1 is 1.27 bits per heavy atom. The van der Waals surface area contributed by atoms with Gasteiger partial charge in [0, 0.05) is 30.2 Å². The lowest BCUT2D eigenvalue weighted by molar-refractivity contribution is -0.138. The van der Waals surface area contributed by atoms with Crippen LogP contribution in [0.4, 0.5) is 13.2 Å². The maximum absolute atomic E-state index is 12.9. The number of amides is 1.